The first kappa shape index (κ1) is 29.7. The highest BCUT2D eigenvalue weighted by atomic mass is 15.3. The van der Waals surface area contributed by atoms with Gasteiger partial charge in [-0.2, -0.15) is 0 Å². The SMILES string of the molecule is c1ccc(-c2cc(-c3ccccc3)c3nc(-c4ccc(-c5nc(-c6ccccc6)n6c(-c7ccccc7)c7ccccc7c6n5)cc4)nn3c2)cc1. The van der Waals surface area contributed by atoms with Gasteiger partial charge in [-0.15, -0.1) is 5.10 Å². The van der Waals surface area contributed by atoms with Gasteiger partial charge in [-0.1, -0.05) is 170 Å². The molecule has 6 heteroatoms. The van der Waals surface area contributed by atoms with Gasteiger partial charge < -0.3 is 0 Å². The number of benzene rings is 6. The van der Waals surface area contributed by atoms with Crippen LogP contribution in [0.25, 0.3) is 89.7 Å². The Bertz CT molecular complexity index is 2860. The maximum atomic E-state index is 5.26. The number of fused-ring (bicyclic) bond motifs is 4. The van der Waals surface area contributed by atoms with Crippen molar-refractivity contribution < 1.29 is 0 Å². The van der Waals surface area contributed by atoms with Crippen LogP contribution in [-0.4, -0.2) is 29.0 Å². The van der Waals surface area contributed by atoms with Crippen LogP contribution in [0.5, 0.6) is 0 Å². The predicted octanol–water partition coefficient (Wildman–Crippen LogP) is 10.9. The molecule has 0 N–H and O–H groups in total. The molecule has 10 rings (SSSR count). The highest BCUT2D eigenvalue weighted by Gasteiger charge is 2.21. The summed E-state index contributed by atoms with van der Waals surface area (Å²) in [5.41, 5.74) is 11.0. The van der Waals surface area contributed by atoms with Gasteiger partial charge in [0.1, 0.15) is 11.5 Å². The van der Waals surface area contributed by atoms with Gasteiger partial charge in [-0.3, -0.25) is 4.40 Å². The highest BCUT2D eigenvalue weighted by molar-refractivity contribution is 6.06. The van der Waals surface area contributed by atoms with Gasteiger partial charge in [0.2, 0.25) is 0 Å². The van der Waals surface area contributed by atoms with E-state index in [1.54, 1.807) is 0 Å². The van der Waals surface area contributed by atoms with E-state index < -0.39 is 0 Å². The first-order valence-electron chi connectivity index (χ1n) is 17.3. The zero-order valence-corrected chi connectivity index (χ0v) is 28.0. The molecule has 0 radical (unpaired) electrons. The van der Waals surface area contributed by atoms with Gasteiger partial charge in [0.05, 0.1) is 5.69 Å². The number of hydrogen-bond acceptors (Lipinski definition) is 4. The number of pyridine rings is 1. The van der Waals surface area contributed by atoms with Gasteiger partial charge in [0.25, 0.3) is 0 Å². The van der Waals surface area contributed by atoms with Crippen LogP contribution in [0.1, 0.15) is 0 Å². The van der Waals surface area contributed by atoms with Crippen molar-refractivity contribution in [1.29, 1.82) is 0 Å². The number of rotatable bonds is 6. The Balaban J connectivity index is 1.12. The molecule has 0 saturated heterocycles. The lowest BCUT2D eigenvalue weighted by molar-refractivity contribution is 0.968. The lowest BCUT2D eigenvalue weighted by Crippen LogP contribution is -2.03. The third-order valence-corrected chi connectivity index (χ3v) is 9.60. The van der Waals surface area contributed by atoms with Gasteiger partial charge in [-0.05, 0) is 22.8 Å². The Morgan fingerprint density at radius 3 is 1.54 bits per heavy atom. The van der Waals surface area contributed by atoms with E-state index in [2.05, 4.69) is 162 Å². The van der Waals surface area contributed by atoms with Gasteiger partial charge in [0, 0.05) is 44.8 Å². The molecule has 6 aromatic carbocycles. The second kappa shape index (κ2) is 12.3. The van der Waals surface area contributed by atoms with Crippen molar-refractivity contribution in [2.45, 2.75) is 0 Å². The first-order chi connectivity index (χ1) is 25.8. The van der Waals surface area contributed by atoms with Crippen LogP contribution in [-0.2, 0) is 0 Å². The summed E-state index contributed by atoms with van der Waals surface area (Å²) in [7, 11) is 0. The van der Waals surface area contributed by atoms with Crippen molar-refractivity contribution in [3.63, 3.8) is 0 Å². The second-order valence-electron chi connectivity index (χ2n) is 12.8. The summed E-state index contributed by atoms with van der Waals surface area (Å²) >= 11 is 0. The van der Waals surface area contributed by atoms with Crippen molar-refractivity contribution in [2.24, 2.45) is 0 Å². The second-order valence-corrected chi connectivity index (χ2v) is 12.8. The Labute approximate surface area is 300 Å². The topological polar surface area (TPSA) is 60.4 Å². The van der Waals surface area contributed by atoms with Crippen molar-refractivity contribution in [2.75, 3.05) is 0 Å². The molecule has 244 valence electrons. The minimum Gasteiger partial charge on any atom is -0.277 e. The average Bonchev–Trinajstić information content (AvgIpc) is 3.81. The van der Waals surface area contributed by atoms with E-state index in [-0.39, 0.29) is 0 Å². The molecule has 0 fully saturated rings. The molecule has 0 amide bonds. The maximum Gasteiger partial charge on any atom is 0.182 e. The Kier molecular flexibility index (Phi) is 7.03. The molecule has 6 nitrogen and oxygen atoms in total. The minimum absolute atomic E-state index is 0.653. The normalized spacial score (nSPS) is 11.5. The molecular formula is C46H30N6. The van der Waals surface area contributed by atoms with Crippen molar-refractivity contribution in [3.05, 3.63) is 182 Å². The number of hydrogen-bond donors (Lipinski definition) is 0. The van der Waals surface area contributed by atoms with E-state index in [1.165, 1.54) is 0 Å². The molecule has 0 aliphatic heterocycles. The molecule has 0 aliphatic rings. The van der Waals surface area contributed by atoms with Crippen LogP contribution < -0.4 is 0 Å². The average molecular weight is 667 g/mol. The van der Waals surface area contributed by atoms with Gasteiger partial charge in [0.15, 0.2) is 17.3 Å². The maximum absolute atomic E-state index is 5.26. The van der Waals surface area contributed by atoms with Crippen LogP contribution in [0, 0.1) is 0 Å². The molecule has 0 aliphatic carbocycles. The Morgan fingerprint density at radius 1 is 0.365 bits per heavy atom. The van der Waals surface area contributed by atoms with Gasteiger partial charge >= 0.3 is 0 Å². The van der Waals surface area contributed by atoms with E-state index in [9.17, 15) is 0 Å². The molecular weight excluding hydrogens is 637 g/mol. The zero-order chi connectivity index (χ0) is 34.4. The van der Waals surface area contributed by atoms with E-state index in [0.29, 0.717) is 11.6 Å². The largest absolute Gasteiger partial charge is 0.277 e. The molecule has 52 heavy (non-hydrogen) atoms. The summed E-state index contributed by atoms with van der Waals surface area (Å²) in [6.45, 7) is 0. The minimum atomic E-state index is 0.653. The van der Waals surface area contributed by atoms with Crippen LogP contribution in [0.2, 0.25) is 0 Å². The van der Waals surface area contributed by atoms with Crippen LogP contribution in [0.3, 0.4) is 0 Å². The Hall–Kier alpha value is -7.18. The summed E-state index contributed by atoms with van der Waals surface area (Å²) in [5, 5.41) is 7.20. The van der Waals surface area contributed by atoms with E-state index in [4.69, 9.17) is 20.1 Å². The standard InChI is InChI=1S/C46H30N6/c1-5-15-31(16-6-1)37-29-40(32-17-7-2-8-18-32)45-49-43(50-51(45)30-37)35-27-25-34(26-28-35)42-47-44(36-21-11-4-12-22-36)52-41(33-19-9-3-10-20-33)38-23-13-14-24-39(38)46(52)48-42/h1-30H. The zero-order valence-electron chi connectivity index (χ0n) is 28.0. The molecule has 4 aromatic heterocycles. The summed E-state index contributed by atoms with van der Waals surface area (Å²) in [6.07, 6.45) is 2.06. The molecule has 10 aromatic rings. The molecule has 0 saturated carbocycles. The third-order valence-electron chi connectivity index (χ3n) is 9.60. The monoisotopic (exact) mass is 666 g/mol. The van der Waals surface area contributed by atoms with E-state index in [1.807, 2.05) is 28.8 Å². The predicted molar refractivity (Wildman–Crippen MR) is 210 cm³/mol. The van der Waals surface area contributed by atoms with E-state index in [0.717, 1.165) is 78.1 Å². The van der Waals surface area contributed by atoms with Crippen LogP contribution >= 0.6 is 0 Å². The van der Waals surface area contributed by atoms with Crippen molar-refractivity contribution >= 4 is 22.1 Å². The van der Waals surface area contributed by atoms with Crippen LogP contribution in [0.15, 0.2) is 182 Å². The number of nitrogens with zero attached hydrogens (tertiary/aromatic N) is 6. The highest BCUT2D eigenvalue weighted by Crippen LogP contribution is 2.38. The molecule has 0 bridgehead atoms. The van der Waals surface area contributed by atoms with Crippen molar-refractivity contribution in [3.8, 4) is 67.7 Å². The Morgan fingerprint density at radius 2 is 0.885 bits per heavy atom. The summed E-state index contributed by atoms with van der Waals surface area (Å²) in [6, 6.07) is 60.5. The summed E-state index contributed by atoms with van der Waals surface area (Å²) in [4.78, 5) is 15.6. The molecule has 0 atom stereocenters. The summed E-state index contributed by atoms with van der Waals surface area (Å²) in [5.74, 6) is 2.15. The molecule has 0 spiro atoms. The number of aromatic nitrogens is 6. The fourth-order valence-corrected chi connectivity index (χ4v) is 7.11. The quantitative estimate of drug-likeness (QED) is 0.177. The lowest BCUT2D eigenvalue weighted by atomic mass is 10.0. The molecule has 0 unspecified atom stereocenters. The third kappa shape index (κ3) is 5.05. The van der Waals surface area contributed by atoms with Gasteiger partial charge in [-0.25, -0.2) is 19.5 Å². The van der Waals surface area contributed by atoms with E-state index >= 15 is 0 Å². The fourth-order valence-electron chi connectivity index (χ4n) is 7.11. The smallest absolute Gasteiger partial charge is 0.182 e. The summed E-state index contributed by atoms with van der Waals surface area (Å²) < 4.78 is 4.11. The molecule has 4 heterocycles. The van der Waals surface area contributed by atoms with Crippen molar-refractivity contribution in [1.82, 2.24) is 29.0 Å². The fraction of sp³-hybridized carbons (Fsp3) is 0. The van der Waals surface area contributed by atoms with Crippen LogP contribution in [0.4, 0.5) is 0 Å². The first-order valence-corrected chi connectivity index (χ1v) is 17.3. The lowest BCUT2D eigenvalue weighted by Gasteiger charge is -2.12.